The van der Waals surface area contributed by atoms with E-state index in [1.54, 1.807) is 38.1 Å². The molecule has 25 heavy (non-hydrogen) atoms. The van der Waals surface area contributed by atoms with Gasteiger partial charge in [-0.1, -0.05) is 5.16 Å². The zero-order valence-electron chi connectivity index (χ0n) is 13.8. The number of ether oxygens (including phenoxy) is 1. The van der Waals surface area contributed by atoms with Crippen LogP contribution in [0.3, 0.4) is 0 Å². The standard InChI is InChI=1S/C17H16N4O4/c1-10-15-11(2)25-20-16(15)17(23)21(19-10)8-13(22)9-24-14-5-3-12(7-18)4-6-14/h3-6,13,22H,8-9H2,1-2H3/t13-/m0/s1. The molecule has 128 valence electrons. The Morgan fingerprint density at radius 1 is 1.36 bits per heavy atom. The number of aromatic nitrogens is 3. The van der Waals surface area contributed by atoms with E-state index < -0.39 is 11.7 Å². The quantitative estimate of drug-likeness (QED) is 0.744. The van der Waals surface area contributed by atoms with Crippen LogP contribution in [0.5, 0.6) is 5.75 Å². The number of fused-ring (bicyclic) bond motifs is 1. The maximum Gasteiger partial charge on any atom is 0.296 e. The van der Waals surface area contributed by atoms with Crippen molar-refractivity contribution in [2.24, 2.45) is 0 Å². The van der Waals surface area contributed by atoms with Crippen LogP contribution in [-0.4, -0.2) is 32.8 Å². The summed E-state index contributed by atoms with van der Waals surface area (Å²) >= 11 is 0. The Morgan fingerprint density at radius 2 is 2.08 bits per heavy atom. The smallest absolute Gasteiger partial charge is 0.296 e. The van der Waals surface area contributed by atoms with E-state index in [2.05, 4.69) is 10.3 Å². The van der Waals surface area contributed by atoms with Crippen LogP contribution in [0.1, 0.15) is 17.0 Å². The fourth-order valence-electron chi connectivity index (χ4n) is 2.54. The highest BCUT2D eigenvalue weighted by Gasteiger charge is 2.17. The molecule has 3 rings (SSSR count). The van der Waals surface area contributed by atoms with Crippen LogP contribution in [0.25, 0.3) is 10.9 Å². The molecule has 0 saturated heterocycles. The van der Waals surface area contributed by atoms with Crippen molar-refractivity contribution in [2.75, 3.05) is 6.61 Å². The first kappa shape index (κ1) is 16.7. The van der Waals surface area contributed by atoms with Crippen molar-refractivity contribution in [3.05, 3.63) is 51.6 Å². The number of rotatable bonds is 5. The van der Waals surface area contributed by atoms with Crippen LogP contribution in [0.2, 0.25) is 0 Å². The molecule has 8 nitrogen and oxygen atoms in total. The molecule has 1 aromatic carbocycles. The fraction of sp³-hybridized carbons (Fsp3) is 0.294. The van der Waals surface area contributed by atoms with E-state index in [1.807, 2.05) is 6.07 Å². The third-order valence-electron chi connectivity index (χ3n) is 3.74. The molecule has 0 aliphatic carbocycles. The van der Waals surface area contributed by atoms with E-state index >= 15 is 0 Å². The lowest BCUT2D eigenvalue weighted by molar-refractivity contribution is 0.0880. The summed E-state index contributed by atoms with van der Waals surface area (Å²) in [6.07, 6.45) is -0.939. The van der Waals surface area contributed by atoms with Gasteiger partial charge in [0.15, 0.2) is 5.52 Å². The van der Waals surface area contributed by atoms with Gasteiger partial charge in [0.1, 0.15) is 24.2 Å². The van der Waals surface area contributed by atoms with Crippen molar-refractivity contribution in [2.45, 2.75) is 26.5 Å². The van der Waals surface area contributed by atoms with Crippen molar-refractivity contribution < 1.29 is 14.4 Å². The first-order valence-corrected chi connectivity index (χ1v) is 7.64. The van der Waals surface area contributed by atoms with E-state index in [1.165, 1.54) is 0 Å². The van der Waals surface area contributed by atoms with Gasteiger partial charge in [-0.2, -0.15) is 10.4 Å². The number of nitrogens with zero attached hydrogens (tertiary/aromatic N) is 4. The fourth-order valence-corrected chi connectivity index (χ4v) is 2.54. The molecule has 2 heterocycles. The SMILES string of the molecule is Cc1nn(C[C@H](O)COc2ccc(C#N)cc2)c(=O)c2noc(C)c12. The van der Waals surface area contributed by atoms with Gasteiger partial charge in [-0.3, -0.25) is 4.79 Å². The van der Waals surface area contributed by atoms with Gasteiger partial charge in [0.05, 0.1) is 29.3 Å². The zero-order chi connectivity index (χ0) is 18.0. The van der Waals surface area contributed by atoms with Crippen LogP contribution in [0, 0.1) is 25.2 Å². The molecule has 0 spiro atoms. The Hall–Kier alpha value is -3.18. The van der Waals surface area contributed by atoms with Gasteiger partial charge in [0.2, 0.25) is 0 Å². The van der Waals surface area contributed by atoms with Gasteiger partial charge < -0.3 is 14.4 Å². The van der Waals surface area contributed by atoms with E-state index in [0.29, 0.717) is 28.2 Å². The summed E-state index contributed by atoms with van der Waals surface area (Å²) in [7, 11) is 0. The van der Waals surface area contributed by atoms with Crippen molar-refractivity contribution in [3.8, 4) is 11.8 Å². The third kappa shape index (κ3) is 3.36. The summed E-state index contributed by atoms with van der Waals surface area (Å²) in [5.74, 6) is 1.06. The molecular formula is C17H16N4O4. The molecular weight excluding hydrogens is 324 g/mol. The first-order chi connectivity index (χ1) is 12.0. The minimum absolute atomic E-state index is 0.0189. The van der Waals surface area contributed by atoms with Gasteiger partial charge >= 0.3 is 0 Å². The molecule has 1 atom stereocenters. The van der Waals surface area contributed by atoms with E-state index in [-0.39, 0.29) is 18.7 Å². The largest absolute Gasteiger partial charge is 0.491 e. The number of nitriles is 1. The van der Waals surface area contributed by atoms with E-state index in [4.69, 9.17) is 14.5 Å². The highest BCUT2D eigenvalue weighted by Crippen LogP contribution is 2.16. The van der Waals surface area contributed by atoms with Gasteiger partial charge in [0, 0.05) is 0 Å². The molecule has 8 heteroatoms. The summed E-state index contributed by atoms with van der Waals surface area (Å²) in [5, 5.41) is 27.5. The number of aryl methyl sites for hydroxylation is 2. The monoisotopic (exact) mass is 340 g/mol. The van der Waals surface area contributed by atoms with E-state index in [0.717, 1.165) is 4.68 Å². The van der Waals surface area contributed by atoms with Crippen molar-refractivity contribution in [1.29, 1.82) is 5.26 Å². The topological polar surface area (TPSA) is 114 Å². The van der Waals surface area contributed by atoms with Gasteiger partial charge in [-0.25, -0.2) is 4.68 Å². The zero-order valence-corrected chi connectivity index (χ0v) is 13.8. The highest BCUT2D eigenvalue weighted by molar-refractivity contribution is 5.81. The Labute approximate surface area is 142 Å². The lowest BCUT2D eigenvalue weighted by Crippen LogP contribution is -2.32. The van der Waals surface area contributed by atoms with Gasteiger partial charge in [-0.05, 0) is 38.1 Å². The number of aliphatic hydroxyl groups is 1. The number of aliphatic hydroxyl groups excluding tert-OH is 1. The summed E-state index contributed by atoms with van der Waals surface area (Å²) in [6.45, 7) is 3.42. The average Bonchev–Trinajstić information content (AvgIpc) is 3.00. The molecule has 0 aliphatic rings. The molecule has 0 radical (unpaired) electrons. The normalized spacial score (nSPS) is 12.1. The summed E-state index contributed by atoms with van der Waals surface area (Å²) < 4.78 is 11.7. The molecule has 2 aromatic heterocycles. The second-order valence-electron chi connectivity index (χ2n) is 5.64. The lowest BCUT2D eigenvalue weighted by Gasteiger charge is -2.13. The predicted octanol–water partition coefficient (Wildman–Crippen LogP) is 1.31. The summed E-state index contributed by atoms with van der Waals surface area (Å²) in [5.41, 5.74) is 0.906. The Kier molecular flexibility index (Phi) is 4.50. The average molecular weight is 340 g/mol. The Balaban J connectivity index is 1.71. The summed E-state index contributed by atoms with van der Waals surface area (Å²) in [6, 6.07) is 8.55. The number of benzene rings is 1. The van der Waals surface area contributed by atoms with Crippen LogP contribution in [-0.2, 0) is 6.54 Å². The van der Waals surface area contributed by atoms with Crippen LogP contribution >= 0.6 is 0 Å². The minimum Gasteiger partial charge on any atom is -0.491 e. The van der Waals surface area contributed by atoms with Crippen molar-refractivity contribution >= 4 is 10.9 Å². The highest BCUT2D eigenvalue weighted by atomic mass is 16.5. The molecule has 0 fully saturated rings. The van der Waals surface area contributed by atoms with E-state index in [9.17, 15) is 9.90 Å². The lowest BCUT2D eigenvalue weighted by atomic mass is 10.2. The molecule has 0 unspecified atom stereocenters. The Bertz CT molecular complexity index is 998. The van der Waals surface area contributed by atoms with Crippen molar-refractivity contribution in [3.63, 3.8) is 0 Å². The molecule has 0 saturated carbocycles. The molecule has 1 N–H and O–H groups in total. The van der Waals surface area contributed by atoms with Crippen LogP contribution in [0.15, 0.2) is 33.6 Å². The molecule has 0 aliphatic heterocycles. The maximum absolute atomic E-state index is 12.4. The minimum atomic E-state index is -0.939. The molecule has 0 bridgehead atoms. The third-order valence-corrected chi connectivity index (χ3v) is 3.74. The number of hydrogen-bond donors (Lipinski definition) is 1. The van der Waals surface area contributed by atoms with Gasteiger partial charge in [-0.15, -0.1) is 0 Å². The first-order valence-electron chi connectivity index (χ1n) is 7.64. The second-order valence-corrected chi connectivity index (χ2v) is 5.64. The van der Waals surface area contributed by atoms with Crippen molar-refractivity contribution in [1.82, 2.24) is 14.9 Å². The predicted molar refractivity (Wildman–Crippen MR) is 88.2 cm³/mol. The second kappa shape index (κ2) is 6.75. The molecule has 0 amide bonds. The van der Waals surface area contributed by atoms with Crippen LogP contribution < -0.4 is 10.3 Å². The maximum atomic E-state index is 12.4. The van der Waals surface area contributed by atoms with Gasteiger partial charge in [0.25, 0.3) is 5.56 Å². The van der Waals surface area contributed by atoms with Crippen LogP contribution in [0.4, 0.5) is 0 Å². The Morgan fingerprint density at radius 3 is 2.76 bits per heavy atom. The number of hydrogen-bond acceptors (Lipinski definition) is 7. The molecule has 3 aromatic rings. The summed E-state index contributed by atoms with van der Waals surface area (Å²) in [4.78, 5) is 12.4.